The van der Waals surface area contributed by atoms with Crippen LogP contribution in [0.5, 0.6) is 0 Å². The van der Waals surface area contributed by atoms with E-state index < -0.39 is 0 Å². The Bertz CT molecular complexity index is 2590. The van der Waals surface area contributed by atoms with E-state index in [2.05, 4.69) is 169 Å². The van der Waals surface area contributed by atoms with Crippen molar-refractivity contribution >= 4 is 21.9 Å². The maximum atomic E-state index is 6.42. The number of hydrogen-bond donors (Lipinski definition) is 0. The largest absolute Gasteiger partial charge is 0.456 e. The number of nitrogens with zero attached hydrogens (tertiary/aromatic N) is 2. The Hall–Kier alpha value is -5.80. The number of rotatable bonds is 5. The number of fused-ring (bicyclic) bond motifs is 4. The maximum Gasteiger partial charge on any atom is 0.160 e. The third-order valence-electron chi connectivity index (χ3n) is 12.6. The fourth-order valence-electron chi connectivity index (χ4n) is 8.46. The van der Waals surface area contributed by atoms with Gasteiger partial charge in [-0.1, -0.05) is 151 Å². The van der Waals surface area contributed by atoms with E-state index in [0.29, 0.717) is 5.82 Å². The van der Waals surface area contributed by atoms with Gasteiger partial charge in [0, 0.05) is 27.5 Å². The van der Waals surface area contributed by atoms with Gasteiger partial charge in [-0.2, -0.15) is 0 Å². The first kappa shape index (κ1) is 32.1. The van der Waals surface area contributed by atoms with Crippen LogP contribution < -0.4 is 0 Å². The molecule has 0 fully saturated rings. The minimum Gasteiger partial charge on any atom is -0.456 e. The molecule has 0 radical (unpaired) electrons. The van der Waals surface area contributed by atoms with Crippen molar-refractivity contribution in [1.29, 1.82) is 0 Å². The molecule has 2 aromatic heterocycles. The zero-order valence-electron chi connectivity index (χ0n) is 30.7. The molecule has 0 unspecified atom stereocenters. The lowest BCUT2D eigenvalue weighted by atomic mass is 9.59. The van der Waals surface area contributed by atoms with E-state index in [1.165, 1.54) is 27.8 Å². The van der Waals surface area contributed by atoms with Crippen LogP contribution in [0.1, 0.15) is 52.7 Å². The summed E-state index contributed by atoms with van der Waals surface area (Å²) in [6.07, 6.45) is 0. The fraction of sp³-hybridized carbons (Fsp3) is 0.184. The van der Waals surface area contributed by atoms with Crippen molar-refractivity contribution in [2.45, 2.75) is 52.4 Å². The van der Waals surface area contributed by atoms with Crippen LogP contribution in [0.15, 0.2) is 150 Å². The highest BCUT2D eigenvalue weighted by molar-refractivity contribution is 6.13. The molecule has 254 valence electrons. The molecule has 1 aliphatic rings. The number of furan rings is 1. The molecule has 8 aromatic rings. The Morgan fingerprint density at radius 3 is 1.60 bits per heavy atom. The van der Waals surface area contributed by atoms with Gasteiger partial charge in [-0.3, -0.25) is 0 Å². The van der Waals surface area contributed by atoms with E-state index in [0.717, 1.165) is 55.6 Å². The molecule has 3 nitrogen and oxygen atoms in total. The molecule has 2 heterocycles. The van der Waals surface area contributed by atoms with Crippen LogP contribution in [0.3, 0.4) is 0 Å². The molecule has 0 bridgehead atoms. The Morgan fingerprint density at radius 2 is 0.942 bits per heavy atom. The van der Waals surface area contributed by atoms with Crippen molar-refractivity contribution in [2.75, 3.05) is 0 Å². The van der Waals surface area contributed by atoms with Gasteiger partial charge in [0.15, 0.2) is 5.82 Å². The van der Waals surface area contributed by atoms with Gasteiger partial charge in [-0.15, -0.1) is 0 Å². The maximum absolute atomic E-state index is 6.42. The quantitative estimate of drug-likeness (QED) is 0.182. The van der Waals surface area contributed by atoms with Crippen LogP contribution in [-0.4, -0.2) is 9.97 Å². The first-order valence-electron chi connectivity index (χ1n) is 18.2. The third kappa shape index (κ3) is 4.79. The van der Waals surface area contributed by atoms with E-state index in [-0.39, 0.29) is 16.2 Å². The second kappa shape index (κ2) is 11.6. The highest BCUT2D eigenvalue weighted by Crippen LogP contribution is 2.63. The molecule has 0 atom stereocenters. The monoisotopic (exact) mass is 674 g/mol. The Labute approximate surface area is 306 Å². The average Bonchev–Trinajstić information content (AvgIpc) is 3.60. The molecule has 0 saturated heterocycles. The minimum absolute atomic E-state index is 0.0218. The molecular weight excluding hydrogens is 633 g/mol. The van der Waals surface area contributed by atoms with Crippen LogP contribution >= 0.6 is 0 Å². The van der Waals surface area contributed by atoms with Crippen LogP contribution in [0.4, 0.5) is 0 Å². The van der Waals surface area contributed by atoms with E-state index >= 15 is 0 Å². The Kier molecular flexibility index (Phi) is 7.18. The standard InChI is InChI=1S/C49H42N2O/c1-47(2)39-28-37(38(29-40(39)48(3,4)49(47,5)6)35-24-16-26-44-45(35)36-23-13-14-25-43(36)52-44)33-21-15-22-34(27-33)46-50-41(31-17-9-7-10-18-31)30-42(51-46)32-19-11-8-12-20-32/h7-30H,1-6H3. The molecular formula is C49H42N2O. The van der Waals surface area contributed by atoms with E-state index in [9.17, 15) is 0 Å². The van der Waals surface area contributed by atoms with Crippen LogP contribution in [0.2, 0.25) is 0 Å². The SMILES string of the molecule is CC1(C)c2cc(-c3cccc(-c4nc(-c5ccccc5)cc(-c5ccccc5)n4)c3)c(-c3cccc4oc5ccccc5c34)cc2C(C)(C)C1(C)C. The Balaban J connectivity index is 1.30. The molecule has 6 aromatic carbocycles. The summed E-state index contributed by atoms with van der Waals surface area (Å²) >= 11 is 0. The molecule has 0 N–H and O–H groups in total. The van der Waals surface area contributed by atoms with Crippen molar-refractivity contribution in [2.24, 2.45) is 5.41 Å². The van der Waals surface area contributed by atoms with Gasteiger partial charge in [-0.25, -0.2) is 9.97 Å². The predicted molar refractivity (Wildman–Crippen MR) is 216 cm³/mol. The minimum atomic E-state index is -0.0528. The molecule has 52 heavy (non-hydrogen) atoms. The normalized spacial score (nSPS) is 15.6. The van der Waals surface area contributed by atoms with Crippen molar-refractivity contribution in [1.82, 2.24) is 9.97 Å². The van der Waals surface area contributed by atoms with Gasteiger partial charge < -0.3 is 4.42 Å². The third-order valence-corrected chi connectivity index (χ3v) is 12.6. The number of para-hydroxylation sites is 1. The van der Waals surface area contributed by atoms with E-state index in [1.54, 1.807) is 0 Å². The lowest BCUT2D eigenvalue weighted by molar-refractivity contribution is 0.125. The highest BCUT2D eigenvalue weighted by Gasteiger charge is 2.57. The van der Waals surface area contributed by atoms with Gasteiger partial charge in [0.1, 0.15) is 11.2 Å². The average molecular weight is 675 g/mol. The summed E-state index contributed by atoms with van der Waals surface area (Å²) < 4.78 is 6.42. The van der Waals surface area contributed by atoms with Crippen molar-refractivity contribution < 1.29 is 4.42 Å². The first-order valence-corrected chi connectivity index (χ1v) is 18.2. The molecule has 1 aliphatic carbocycles. The van der Waals surface area contributed by atoms with Crippen molar-refractivity contribution in [3.05, 3.63) is 157 Å². The summed E-state index contributed by atoms with van der Waals surface area (Å²) in [5.41, 5.74) is 14.2. The van der Waals surface area contributed by atoms with Gasteiger partial charge in [0.2, 0.25) is 0 Å². The van der Waals surface area contributed by atoms with Crippen molar-refractivity contribution in [3.8, 4) is 56.2 Å². The highest BCUT2D eigenvalue weighted by atomic mass is 16.3. The molecule has 0 saturated carbocycles. The van der Waals surface area contributed by atoms with Gasteiger partial charge in [0.25, 0.3) is 0 Å². The summed E-state index contributed by atoms with van der Waals surface area (Å²) in [5.74, 6) is 0.704. The predicted octanol–water partition coefficient (Wildman–Crippen LogP) is 13.3. The molecule has 9 rings (SSSR count). The van der Waals surface area contributed by atoms with Gasteiger partial charge in [0.05, 0.1) is 11.4 Å². The van der Waals surface area contributed by atoms with Crippen LogP contribution in [-0.2, 0) is 10.8 Å². The zero-order valence-corrected chi connectivity index (χ0v) is 30.7. The zero-order chi connectivity index (χ0) is 35.8. The summed E-state index contributed by atoms with van der Waals surface area (Å²) in [4.78, 5) is 10.4. The summed E-state index contributed by atoms with van der Waals surface area (Å²) in [6.45, 7) is 14.5. The summed E-state index contributed by atoms with van der Waals surface area (Å²) in [7, 11) is 0. The number of aromatic nitrogens is 2. The molecule has 3 heteroatoms. The summed E-state index contributed by atoms with van der Waals surface area (Å²) in [6, 6.07) is 51.5. The smallest absolute Gasteiger partial charge is 0.160 e. The topological polar surface area (TPSA) is 38.9 Å². The van der Waals surface area contributed by atoms with Crippen LogP contribution in [0.25, 0.3) is 78.1 Å². The molecule has 0 spiro atoms. The lowest BCUT2D eigenvalue weighted by Crippen LogP contribution is -2.42. The van der Waals surface area contributed by atoms with Crippen LogP contribution in [0, 0.1) is 5.41 Å². The number of hydrogen-bond acceptors (Lipinski definition) is 3. The fourth-order valence-corrected chi connectivity index (χ4v) is 8.46. The van der Waals surface area contributed by atoms with E-state index in [1.807, 2.05) is 18.2 Å². The Morgan fingerprint density at radius 1 is 0.423 bits per heavy atom. The molecule has 0 amide bonds. The second-order valence-corrected chi connectivity index (χ2v) is 15.9. The second-order valence-electron chi connectivity index (χ2n) is 15.9. The first-order chi connectivity index (χ1) is 25.0. The van der Waals surface area contributed by atoms with Gasteiger partial charge >= 0.3 is 0 Å². The lowest BCUT2D eigenvalue weighted by Gasteiger charge is -2.44. The number of benzene rings is 6. The molecule has 0 aliphatic heterocycles. The van der Waals surface area contributed by atoms with Gasteiger partial charge in [-0.05, 0) is 86.0 Å². The van der Waals surface area contributed by atoms with E-state index in [4.69, 9.17) is 14.4 Å². The van der Waals surface area contributed by atoms with Crippen molar-refractivity contribution in [3.63, 3.8) is 0 Å². The summed E-state index contributed by atoms with van der Waals surface area (Å²) in [5, 5.41) is 2.28.